The minimum absolute atomic E-state index is 0.184. The van der Waals surface area contributed by atoms with Crippen molar-refractivity contribution in [2.75, 3.05) is 0 Å². The van der Waals surface area contributed by atoms with Crippen molar-refractivity contribution in [2.45, 2.75) is 6.92 Å². The summed E-state index contributed by atoms with van der Waals surface area (Å²) in [5.41, 5.74) is -0.494. The van der Waals surface area contributed by atoms with Crippen LogP contribution in [0.5, 0.6) is 0 Å². The van der Waals surface area contributed by atoms with Gasteiger partial charge in [-0.3, -0.25) is 0 Å². The maximum absolute atomic E-state index is 13.0. The normalized spacial score (nSPS) is 9.58. The second-order valence-electron chi connectivity index (χ2n) is 2.27. The van der Waals surface area contributed by atoms with Crippen molar-refractivity contribution in [2.24, 2.45) is 0 Å². The molecule has 0 saturated heterocycles. The first-order valence-electron chi connectivity index (χ1n) is 3.12. The van der Waals surface area contributed by atoms with Crippen molar-refractivity contribution in [3.63, 3.8) is 0 Å². The molecule has 12 heavy (non-hydrogen) atoms. The molecular formula is C8H4ClF2N. The Morgan fingerprint density at radius 2 is 2.08 bits per heavy atom. The van der Waals surface area contributed by atoms with E-state index in [1.807, 2.05) is 0 Å². The lowest BCUT2D eigenvalue weighted by molar-refractivity contribution is 0.566. The Balaban J connectivity index is 3.54. The number of nitrogens with zero attached hydrogens (tertiary/aromatic N) is 1. The van der Waals surface area contributed by atoms with E-state index in [4.69, 9.17) is 16.9 Å². The smallest absolute Gasteiger partial charge is 0.148 e. The van der Waals surface area contributed by atoms with Gasteiger partial charge in [-0.05, 0) is 13.0 Å². The molecule has 0 aliphatic rings. The third-order valence-electron chi connectivity index (χ3n) is 1.51. The third kappa shape index (κ3) is 1.26. The molecule has 1 aromatic rings. The SMILES string of the molecule is Cc1c(F)cc(Cl)c(C#N)c1F. The zero-order valence-electron chi connectivity index (χ0n) is 6.16. The lowest BCUT2D eigenvalue weighted by Crippen LogP contribution is -1.94. The Hall–Kier alpha value is -1.14. The van der Waals surface area contributed by atoms with Crippen LogP contribution in [0.15, 0.2) is 6.07 Å². The molecule has 0 saturated carbocycles. The molecule has 0 bridgehead atoms. The number of benzene rings is 1. The average Bonchev–Trinajstić information content (AvgIpc) is 2.01. The number of halogens is 3. The molecule has 0 heterocycles. The van der Waals surface area contributed by atoms with Gasteiger partial charge in [-0.25, -0.2) is 8.78 Å². The summed E-state index contributed by atoms with van der Waals surface area (Å²) in [6.07, 6.45) is 0. The molecule has 0 atom stereocenters. The van der Waals surface area contributed by atoms with Crippen LogP contribution in [0.25, 0.3) is 0 Å². The van der Waals surface area contributed by atoms with E-state index < -0.39 is 11.6 Å². The molecule has 1 aromatic carbocycles. The first kappa shape index (κ1) is 8.95. The van der Waals surface area contributed by atoms with Gasteiger partial charge < -0.3 is 0 Å². The summed E-state index contributed by atoms with van der Waals surface area (Å²) in [5.74, 6) is -1.63. The van der Waals surface area contributed by atoms with Crippen LogP contribution in [0.2, 0.25) is 5.02 Å². The fourth-order valence-electron chi connectivity index (χ4n) is 0.791. The highest BCUT2D eigenvalue weighted by molar-refractivity contribution is 6.31. The molecule has 0 aliphatic heterocycles. The molecule has 62 valence electrons. The molecule has 0 unspecified atom stereocenters. The van der Waals surface area contributed by atoms with Crippen LogP contribution in [0.3, 0.4) is 0 Å². The number of nitriles is 1. The van der Waals surface area contributed by atoms with Crippen molar-refractivity contribution in [3.8, 4) is 6.07 Å². The second kappa shape index (κ2) is 3.08. The minimum atomic E-state index is -0.887. The van der Waals surface area contributed by atoms with Crippen molar-refractivity contribution < 1.29 is 8.78 Å². The van der Waals surface area contributed by atoms with Crippen LogP contribution in [-0.4, -0.2) is 0 Å². The van der Waals surface area contributed by atoms with Gasteiger partial charge in [0.25, 0.3) is 0 Å². The van der Waals surface area contributed by atoms with E-state index in [9.17, 15) is 8.78 Å². The van der Waals surface area contributed by atoms with E-state index in [2.05, 4.69) is 0 Å². The summed E-state index contributed by atoms with van der Waals surface area (Å²) in [4.78, 5) is 0. The molecule has 0 spiro atoms. The fourth-order valence-corrected chi connectivity index (χ4v) is 1.01. The lowest BCUT2D eigenvalue weighted by Gasteiger charge is -2.01. The summed E-state index contributed by atoms with van der Waals surface area (Å²) in [5, 5.41) is 8.22. The van der Waals surface area contributed by atoms with Gasteiger partial charge in [-0.15, -0.1) is 0 Å². The molecule has 0 aromatic heterocycles. The summed E-state index contributed by atoms with van der Waals surface area (Å²) >= 11 is 5.40. The summed E-state index contributed by atoms with van der Waals surface area (Å²) in [6.45, 7) is 1.25. The highest BCUT2D eigenvalue weighted by Crippen LogP contribution is 2.23. The van der Waals surface area contributed by atoms with Gasteiger partial charge in [-0.2, -0.15) is 5.26 Å². The lowest BCUT2D eigenvalue weighted by atomic mass is 10.1. The predicted octanol–water partition coefficient (Wildman–Crippen LogP) is 2.80. The van der Waals surface area contributed by atoms with Gasteiger partial charge in [0.15, 0.2) is 0 Å². The van der Waals surface area contributed by atoms with E-state index >= 15 is 0 Å². The first-order valence-corrected chi connectivity index (χ1v) is 3.50. The fraction of sp³-hybridized carbons (Fsp3) is 0.125. The molecule has 1 nitrogen and oxygen atoms in total. The van der Waals surface area contributed by atoms with Crippen LogP contribution < -0.4 is 0 Å². The van der Waals surface area contributed by atoms with Crippen LogP contribution in [-0.2, 0) is 0 Å². The van der Waals surface area contributed by atoms with Crippen molar-refractivity contribution in [3.05, 3.63) is 33.9 Å². The summed E-state index contributed by atoms with van der Waals surface area (Å²) < 4.78 is 25.7. The van der Waals surface area contributed by atoms with Crippen molar-refractivity contribution in [1.82, 2.24) is 0 Å². The molecular weight excluding hydrogens is 184 g/mol. The Morgan fingerprint density at radius 3 is 2.58 bits per heavy atom. The topological polar surface area (TPSA) is 23.8 Å². The van der Waals surface area contributed by atoms with E-state index in [1.165, 1.54) is 6.92 Å². The van der Waals surface area contributed by atoms with Gasteiger partial charge in [0.1, 0.15) is 23.3 Å². The summed E-state index contributed by atoms with van der Waals surface area (Å²) in [6, 6.07) is 2.49. The van der Waals surface area contributed by atoms with Gasteiger partial charge in [-0.1, -0.05) is 11.6 Å². The Kier molecular flexibility index (Phi) is 2.30. The molecule has 0 radical (unpaired) electrons. The van der Waals surface area contributed by atoms with Crippen LogP contribution >= 0.6 is 11.6 Å². The molecule has 0 fully saturated rings. The first-order chi connectivity index (χ1) is 5.57. The number of hydrogen-bond donors (Lipinski definition) is 0. The number of rotatable bonds is 0. The highest BCUT2D eigenvalue weighted by Gasteiger charge is 2.13. The van der Waals surface area contributed by atoms with Crippen LogP contribution in [0, 0.1) is 29.9 Å². The van der Waals surface area contributed by atoms with Crippen molar-refractivity contribution in [1.29, 1.82) is 5.26 Å². The van der Waals surface area contributed by atoms with Gasteiger partial charge in [0, 0.05) is 5.56 Å². The van der Waals surface area contributed by atoms with Crippen molar-refractivity contribution >= 4 is 11.6 Å². The van der Waals surface area contributed by atoms with E-state index in [0.717, 1.165) is 6.07 Å². The highest BCUT2D eigenvalue weighted by atomic mass is 35.5. The molecule has 4 heteroatoms. The largest absolute Gasteiger partial charge is 0.207 e. The van der Waals surface area contributed by atoms with Gasteiger partial charge in [0.05, 0.1) is 5.02 Å². The molecule has 0 aliphatic carbocycles. The Bertz CT molecular complexity index is 368. The quantitative estimate of drug-likeness (QED) is 0.613. The van der Waals surface area contributed by atoms with E-state index in [0.29, 0.717) is 0 Å². The third-order valence-corrected chi connectivity index (χ3v) is 1.81. The average molecular weight is 188 g/mol. The van der Waals surface area contributed by atoms with Gasteiger partial charge in [0.2, 0.25) is 0 Å². The molecule has 0 N–H and O–H groups in total. The van der Waals surface area contributed by atoms with Gasteiger partial charge >= 0.3 is 0 Å². The molecule has 0 amide bonds. The van der Waals surface area contributed by atoms with E-state index in [1.54, 1.807) is 6.07 Å². The zero-order valence-corrected chi connectivity index (χ0v) is 6.91. The minimum Gasteiger partial charge on any atom is -0.207 e. The summed E-state index contributed by atoms with van der Waals surface area (Å²) in [7, 11) is 0. The number of hydrogen-bond acceptors (Lipinski definition) is 1. The monoisotopic (exact) mass is 187 g/mol. The standard InChI is InChI=1S/C8H4ClF2N/c1-4-7(10)2-6(9)5(3-12)8(4)11/h2H,1H3. The maximum Gasteiger partial charge on any atom is 0.148 e. The Labute approximate surface area is 73.2 Å². The zero-order chi connectivity index (χ0) is 9.30. The van der Waals surface area contributed by atoms with E-state index in [-0.39, 0.29) is 16.1 Å². The maximum atomic E-state index is 13.0. The van der Waals surface area contributed by atoms with Crippen LogP contribution in [0.4, 0.5) is 8.78 Å². The molecule has 1 rings (SSSR count). The second-order valence-corrected chi connectivity index (χ2v) is 2.67. The predicted molar refractivity (Wildman–Crippen MR) is 40.8 cm³/mol. The van der Waals surface area contributed by atoms with Crippen LogP contribution in [0.1, 0.15) is 11.1 Å². The Morgan fingerprint density at radius 1 is 1.50 bits per heavy atom.